The predicted octanol–water partition coefficient (Wildman–Crippen LogP) is 3.13. The summed E-state index contributed by atoms with van der Waals surface area (Å²) in [7, 11) is 1.59. The number of hydrogen-bond donors (Lipinski definition) is 1. The molecule has 0 saturated heterocycles. The maximum Gasteiger partial charge on any atom is 0.146 e. The van der Waals surface area contributed by atoms with Crippen molar-refractivity contribution in [1.29, 1.82) is 0 Å². The Bertz CT molecular complexity index is 171. The van der Waals surface area contributed by atoms with Gasteiger partial charge in [-0.15, -0.1) is 6.58 Å². The van der Waals surface area contributed by atoms with Crippen molar-refractivity contribution >= 4 is 0 Å². The fraction of sp³-hybridized carbons (Fsp3) is 0.857. The Morgan fingerprint density at radius 1 is 1.24 bits per heavy atom. The van der Waals surface area contributed by atoms with Crippen molar-refractivity contribution in [2.75, 3.05) is 20.5 Å². The van der Waals surface area contributed by atoms with Gasteiger partial charge in [0, 0.05) is 13.0 Å². The monoisotopic (exact) mass is 244 g/mol. The second-order valence-electron chi connectivity index (χ2n) is 4.45. The van der Waals surface area contributed by atoms with Crippen LogP contribution in [0.4, 0.5) is 0 Å². The van der Waals surface area contributed by atoms with Gasteiger partial charge in [0.2, 0.25) is 0 Å². The Morgan fingerprint density at radius 3 is 2.53 bits per heavy atom. The summed E-state index contributed by atoms with van der Waals surface area (Å²) in [4.78, 5) is 0. The SMILES string of the molecule is C=C[C@H](COCOC)[C@@H](O)CCCCCCC. The van der Waals surface area contributed by atoms with Crippen LogP contribution in [0.5, 0.6) is 0 Å². The average molecular weight is 244 g/mol. The zero-order valence-electron chi connectivity index (χ0n) is 11.4. The average Bonchev–Trinajstić information content (AvgIpc) is 2.34. The lowest BCUT2D eigenvalue weighted by atomic mass is 9.98. The van der Waals surface area contributed by atoms with E-state index in [1.165, 1.54) is 25.7 Å². The van der Waals surface area contributed by atoms with Crippen LogP contribution in [-0.4, -0.2) is 31.7 Å². The van der Waals surface area contributed by atoms with Crippen molar-refractivity contribution in [3.8, 4) is 0 Å². The van der Waals surface area contributed by atoms with E-state index >= 15 is 0 Å². The van der Waals surface area contributed by atoms with Gasteiger partial charge in [-0.3, -0.25) is 0 Å². The summed E-state index contributed by atoms with van der Waals surface area (Å²) in [6.07, 6.45) is 8.35. The van der Waals surface area contributed by atoms with E-state index in [2.05, 4.69) is 13.5 Å². The van der Waals surface area contributed by atoms with Crippen LogP contribution in [0.15, 0.2) is 12.7 Å². The molecule has 0 heterocycles. The molecular weight excluding hydrogens is 216 g/mol. The second-order valence-corrected chi connectivity index (χ2v) is 4.45. The number of aliphatic hydroxyl groups is 1. The highest BCUT2D eigenvalue weighted by Gasteiger charge is 2.15. The summed E-state index contributed by atoms with van der Waals surface area (Å²) in [6.45, 7) is 6.69. The maximum absolute atomic E-state index is 9.97. The molecule has 0 aliphatic heterocycles. The first-order valence-corrected chi connectivity index (χ1v) is 6.63. The van der Waals surface area contributed by atoms with Crippen molar-refractivity contribution < 1.29 is 14.6 Å². The Balaban J connectivity index is 3.60. The van der Waals surface area contributed by atoms with Crippen LogP contribution < -0.4 is 0 Å². The lowest BCUT2D eigenvalue weighted by Crippen LogP contribution is -2.23. The van der Waals surface area contributed by atoms with E-state index in [1.54, 1.807) is 13.2 Å². The van der Waals surface area contributed by atoms with E-state index in [0.717, 1.165) is 12.8 Å². The van der Waals surface area contributed by atoms with Gasteiger partial charge in [0.15, 0.2) is 0 Å². The summed E-state index contributed by atoms with van der Waals surface area (Å²) < 4.78 is 10.1. The van der Waals surface area contributed by atoms with Crippen molar-refractivity contribution in [2.45, 2.75) is 51.6 Å². The smallest absolute Gasteiger partial charge is 0.146 e. The van der Waals surface area contributed by atoms with Gasteiger partial charge in [0.05, 0.1) is 12.7 Å². The number of hydrogen-bond acceptors (Lipinski definition) is 3. The van der Waals surface area contributed by atoms with E-state index in [-0.39, 0.29) is 18.8 Å². The molecule has 0 aliphatic rings. The second kappa shape index (κ2) is 12.1. The molecule has 0 rings (SSSR count). The molecule has 0 unspecified atom stereocenters. The quantitative estimate of drug-likeness (QED) is 0.326. The van der Waals surface area contributed by atoms with E-state index in [1.807, 2.05) is 0 Å². The van der Waals surface area contributed by atoms with Gasteiger partial charge in [-0.1, -0.05) is 45.1 Å². The third-order valence-corrected chi connectivity index (χ3v) is 2.91. The molecule has 0 bridgehead atoms. The molecule has 0 radical (unpaired) electrons. The minimum Gasteiger partial charge on any atom is -0.392 e. The summed E-state index contributed by atoms with van der Waals surface area (Å²) >= 11 is 0. The highest BCUT2D eigenvalue weighted by atomic mass is 16.7. The fourth-order valence-corrected chi connectivity index (χ4v) is 1.77. The number of rotatable bonds is 12. The lowest BCUT2D eigenvalue weighted by molar-refractivity contribution is -0.0533. The van der Waals surface area contributed by atoms with E-state index in [4.69, 9.17) is 9.47 Å². The summed E-state index contributed by atoms with van der Waals surface area (Å²) in [6, 6.07) is 0. The van der Waals surface area contributed by atoms with Gasteiger partial charge in [0.25, 0.3) is 0 Å². The normalized spacial score (nSPS) is 14.5. The fourth-order valence-electron chi connectivity index (χ4n) is 1.77. The topological polar surface area (TPSA) is 38.7 Å². The molecule has 17 heavy (non-hydrogen) atoms. The van der Waals surface area contributed by atoms with Gasteiger partial charge in [0.1, 0.15) is 6.79 Å². The van der Waals surface area contributed by atoms with Crippen LogP contribution in [0.2, 0.25) is 0 Å². The van der Waals surface area contributed by atoms with Gasteiger partial charge < -0.3 is 14.6 Å². The molecule has 0 saturated carbocycles. The molecule has 3 nitrogen and oxygen atoms in total. The molecule has 0 amide bonds. The van der Waals surface area contributed by atoms with Gasteiger partial charge in [-0.05, 0) is 6.42 Å². The molecule has 0 aromatic carbocycles. The standard InChI is InChI=1S/C14H28O3/c1-4-6-7-8-9-10-14(15)13(5-2)11-17-12-16-3/h5,13-15H,2,4,6-12H2,1,3H3/t13-,14+/m1/s1. The first-order valence-electron chi connectivity index (χ1n) is 6.63. The predicted molar refractivity (Wildman–Crippen MR) is 70.9 cm³/mol. The zero-order chi connectivity index (χ0) is 12.9. The molecule has 0 aliphatic carbocycles. The number of unbranched alkanes of at least 4 members (excludes halogenated alkanes) is 4. The summed E-state index contributed by atoms with van der Waals surface area (Å²) in [5.74, 6) is 0.0105. The van der Waals surface area contributed by atoms with Crippen molar-refractivity contribution in [3.05, 3.63) is 12.7 Å². The largest absolute Gasteiger partial charge is 0.392 e. The van der Waals surface area contributed by atoms with Gasteiger partial charge >= 0.3 is 0 Å². The Hall–Kier alpha value is -0.380. The van der Waals surface area contributed by atoms with Gasteiger partial charge in [-0.2, -0.15) is 0 Å². The summed E-state index contributed by atoms with van der Waals surface area (Å²) in [5, 5.41) is 9.97. The third kappa shape index (κ3) is 9.33. The minimum absolute atomic E-state index is 0.0105. The molecule has 0 aromatic rings. The Labute approximate surface area is 106 Å². The van der Waals surface area contributed by atoms with Crippen molar-refractivity contribution in [2.24, 2.45) is 5.92 Å². The van der Waals surface area contributed by atoms with Crippen molar-refractivity contribution in [3.63, 3.8) is 0 Å². The van der Waals surface area contributed by atoms with Crippen LogP contribution in [0, 0.1) is 5.92 Å². The van der Waals surface area contributed by atoms with E-state index in [0.29, 0.717) is 6.61 Å². The maximum atomic E-state index is 9.97. The van der Waals surface area contributed by atoms with Crippen LogP contribution in [-0.2, 0) is 9.47 Å². The zero-order valence-corrected chi connectivity index (χ0v) is 11.4. The minimum atomic E-state index is -0.342. The van der Waals surface area contributed by atoms with E-state index in [9.17, 15) is 5.11 Å². The number of aliphatic hydroxyl groups excluding tert-OH is 1. The molecule has 2 atom stereocenters. The molecule has 3 heteroatoms. The summed E-state index contributed by atoms with van der Waals surface area (Å²) in [5.41, 5.74) is 0. The van der Waals surface area contributed by atoms with Crippen LogP contribution >= 0.6 is 0 Å². The van der Waals surface area contributed by atoms with E-state index < -0.39 is 0 Å². The first kappa shape index (κ1) is 16.6. The van der Waals surface area contributed by atoms with Crippen LogP contribution in [0.3, 0.4) is 0 Å². The highest BCUT2D eigenvalue weighted by Crippen LogP contribution is 2.14. The molecule has 0 fully saturated rings. The van der Waals surface area contributed by atoms with Crippen LogP contribution in [0.1, 0.15) is 45.4 Å². The Morgan fingerprint density at radius 2 is 1.94 bits per heavy atom. The lowest BCUT2D eigenvalue weighted by Gasteiger charge is -2.19. The molecule has 1 N–H and O–H groups in total. The van der Waals surface area contributed by atoms with Crippen LogP contribution in [0.25, 0.3) is 0 Å². The molecular formula is C14H28O3. The molecule has 0 aromatic heterocycles. The first-order chi connectivity index (χ1) is 8.26. The number of ether oxygens (including phenoxy) is 2. The van der Waals surface area contributed by atoms with Crippen molar-refractivity contribution in [1.82, 2.24) is 0 Å². The Kier molecular flexibility index (Phi) is 11.8. The molecule has 102 valence electrons. The highest BCUT2D eigenvalue weighted by molar-refractivity contribution is 4.84. The van der Waals surface area contributed by atoms with Gasteiger partial charge in [-0.25, -0.2) is 0 Å². The molecule has 0 spiro atoms. The third-order valence-electron chi connectivity index (χ3n) is 2.91. The number of methoxy groups -OCH3 is 1.